The standard InChI is InChI=1S/C13H24N2/c1-12(2)8-11-15(13-6-7-13)10-5-3-4-9-14/h12-13H,3-8,10-11H2,1-2H3. The fraction of sp³-hybridized carbons (Fsp3) is 0.923. The van der Waals surface area contributed by atoms with E-state index < -0.39 is 0 Å². The number of nitrogens with zero attached hydrogens (tertiary/aromatic N) is 2. The molecule has 0 heterocycles. The largest absolute Gasteiger partial charge is 0.300 e. The van der Waals surface area contributed by atoms with Gasteiger partial charge in [0.05, 0.1) is 6.07 Å². The lowest BCUT2D eigenvalue weighted by Gasteiger charge is -2.22. The molecular formula is C13H24N2. The molecule has 0 atom stereocenters. The Balaban J connectivity index is 2.11. The van der Waals surface area contributed by atoms with E-state index in [0.717, 1.165) is 24.8 Å². The molecular weight excluding hydrogens is 184 g/mol. The van der Waals surface area contributed by atoms with Crippen molar-refractivity contribution in [3.05, 3.63) is 0 Å². The normalized spacial score (nSPS) is 15.9. The van der Waals surface area contributed by atoms with Gasteiger partial charge in [-0.05, 0) is 51.1 Å². The van der Waals surface area contributed by atoms with Crippen LogP contribution in [-0.4, -0.2) is 24.0 Å². The highest BCUT2D eigenvalue weighted by Crippen LogP contribution is 2.27. The Kier molecular flexibility index (Phi) is 5.71. The van der Waals surface area contributed by atoms with Gasteiger partial charge >= 0.3 is 0 Å². The third-order valence-electron chi connectivity index (χ3n) is 3.04. The molecule has 0 amide bonds. The maximum Gasteiger partial charge on any atom is 0.0621 e. The summed E-state index contributed by atoms with van der Waals surface area (Å²) < 4.78 is 0. The molecule has 0 saturated heterocycles. The first-order valence-corrected chi connectivity index (χ1v) is 6.35. The molecule has 0 spiro atoms. The second-order valence-electron chi connectivity index (χ2n) is 5.06. The summed E-state index contributed by atoms with van der Waals surface area (Å²) in [6, 6.07) is 3.10. The molecule has 2 heteroatoms. The lowest BCUT2D eigenvalue weighted by Crippen LogP contribution is -2.29. The number of rotatable bonds is 8. The Bertz CT molecular complexity index is 201. The van der Waals surface area contributed by atoms with Crippen molar-refractivity contribution in [2.24, 2.45) is 5.92 Å². The third kappa shape index (κ3) is 5.79. The highest BCUT2D eigenvalue weighted by molar-refractivity contribution is 4.84. The van der Waals surface area contributed by atoms with E-state index in [9.17, 15) is 0 Å². The number of hydrogen-bond acceptors (Lipinski definition) is 2. The lowest BCUT2D eigenvalue weighted by atomic mass is 10.1. The van der Waals surface area contributed by atoms with Crippen LogP contribution in [0.4, 0.5) is 0 Å². The van der Waals surface area contributed by atoms with E-state index >= 15 is 0 Å². The number of nitriles is 1. The Morgan fingerprint density at radius 1 is 1.27 bits per heavy atom. The molecule has 0 N–H and O–H groups in total. The molecule has 0 radical (unpaired) electrons. The van der Waals surface area contributed by atoms with Gasteiger partial charge in [0.15, 0.2) is 0 Å². The van der Waals surface area contributed by atoms with E-state index in [1.807, 2.05) is 0 Å². The van der Waals surface area contributed by atoms with E-state index in [1.54, 1.807) is 0 Å². The predicted octanol–water partition coefficient (Wildman–Crippen LogP) is 3.19. The minimum absolute atomic E-state index is 0.725. The SMILES string of the molecule is CC(C)CCN(CCCCC#N)C1CC1. The zero-order valence-electron chi connectivity index (χ0n) is 10.2. The quantitative estimate of drug-likeness (QED) is 0.573. The van der Waals surface area contributed by atoms with E-state index in [0.29, 0.717) is 0 Å². The van der Waals surface area contributed by atoms with Crippen molar-refractivity contribution in [2.75, 3.05) is 13.1 Å². The Hall–Kier alpha value is -0.550. The van der Waals surface area contributed by atoms with Crippen LogP contribution in [0.5, 0.6) is 0 Å². The molecule has 15 heavy (non-hydrogen) atoms. The minimum atomic E-state index is 0.725. The smallest absolute Gasteiger partial charge is 0.0621 e. The molecule has 1 fully saturated rings. The Morgan fingerprint density at radius 3 is 2.53 bits per heavy atom. The van der Waals surface area contributed by atoms with Crippen molar-refractivity contribution in [1.29, 1.82) is 5.26 Å². The molecule has 0 unspecified atom stereocenters. The van der Waals surface area contributed by atoms with Gasteiger partial charge in [0, 0.05) is 12.5 Å². The van der Waals surface area contributed by atoms with Crippen LogP contribution in [0.3, 0.4) is 0 Å². The molecule has 1 aliphatic carbocycles. The summed E-state index contributed by atoms with van der Waals surface area (Å²) in [5, 5.41) is 8.47. The summed E-state index contributed by atoms with van der Waals surface area (Å²) in [5.41, 5.74) is 0. The molecule has 86 valence electrons. The lowest BCUT2D eigenvalue weighted by molar-refractivity contribution is 0.243. The van der Waals surface area contributed by atoms with E-state index in [4.69, 9.17) is 5.26 Å². The first-order valence-electron chi connectivity index (χ1n) is 6.35. The molecule has 1 aliphatic rings. The highest BCUT2D eigenvalue weighted by atomic mass is 15.2. The van der Waals surface area contributed by atoms with E-state index in [-0.39, 0.29) is 0 Å². The molecule has 0 aromatic carbocycles. The summed E-state index contributed by atoms with van der Waals surface area (Å²) in [4.78, 5) is 2.64. The number of unbranched alkanes of at least 4 members (excludes halogenated alkanes) is 2. The van der Waals surface area contributed by atoms with Crippen molar-refractivity contribution in [3.8, 4) is 6.07 Å². The van der Waals surface area contributed by atoms with Crippen molar-refractivity contribution in [3.63, 3.8) is 0 Å². The zero-order chi connectivity index (χ0) is 11.1. The Labute approximate surface area is 94.3 Å². The van der Waals surface area contributed by atoms with Gasteiger partial charge in [-0.3, -0.25) is 0 Å². The van der Waals surface area contributed by atoms with Crippen LogP contribution >= 0.6 is 0 Å². The molecule has 1 rings (SSSR count). The zero-order valence-corrected chi connectivity index (χ0v) is 10.2. The van der Waals surface area contributed by atoms with Crippen LogP contribution < -0.4 is 0 Å². The van der Waals surface area contributed by atoms with Gasteiger partial charge in [0.25, 0.3) is 0 Å². The predicted molar refractivity (Wildman–Crippen MR) is 63.5 cm³/mol. The topological polar surface area (TPSA) is 27.0 Å². The van der Waals surface area contributed by atoms with Crippen LogP contribution in [-0.2, 0) is 0 Å². The summed E-state index contributed by atoms with van der Waals surface area (Å²) in [7, 11) is 0. The van der Waals surface area contributed by atoms with Gasteiger partial charge < -0.3 is 4.90 Å². The van der Waals surface area contributed by atoms with Crippen molar-refractivity contribution >= 4 is 0 Å². The first-order chi connectivity index (χ1) is 7.24. The van der Waals surface area contributed by atoms with Crippen molar-refractivity contribution in [2.45, 2.75) is 58.4 Å². The summed E-state index contributed by atoms with van der Waals surface area (Å²) in [5.74, 6) is 0.811. The third-order valence-corrected chi connectivity index (χ3v) is 3.04. The average molecular weight is 208 g/mol. The van der Waals surface area contributed by atoms with Gasteiger partial charge in [0.2, 0.25) is 0 Å². The fourth-order valence-electron chi connectivity index (χ4n) is 1.86. The van der Waals surface area contributed by atoms with E-state index in [1.165, 1.54) is 38.8 Å². The molecule has 1 saturated carbocycles. The second-order valence-corrected chi connectivity index (χ2v) is 5.06. The van der Waals surface area contributed by atoms with E-state index in [2.05, 4.69) is 24.8 Å². The molecule has 0 aromatic rings. The van der Waals surface area contributed by atoms with Crippen LogP contribution in [0.1, 0.15) is 52.4 Å². The van der Waals surface area contributed by atoms with Crippen LogP contribution in [0.25, 0.3) is 0 Å². The number of hydrogen-bond donors (Lipinski definition) is 0. The van der Waals surface area contributed by atoms with Crippen LogP contribution in [0.15, 0.2) is 0 Å². The average Bonchev–Trinajstić information content (AvgIpc) is 3.00. The molecule has 0 bridgehead atoms. The first kappa shape index (κ1) is 12.5. The summed E-state index contributed by atoms with van der Waals surface area (Å²) in [6.45, 7) is 7.05. The fourth-order valence-corrected chi connectivity index (χ4v) is 1.86. The maximum atomic E-state index is 8.47. The van der Waals surface area contributed by atoms with Gasteiger partial charge in [0.1, 0.15) is 0 Å². The highest BCUT2D eigenvalue weighted by Gasteiger charge is 2.27. The van der Waals surface area contributed by atoms with Crippen LogP contribution in [0.2, 0.25) is 0 Å². The van der Waals surface area contributed by atoms with Gasteiger partial charge in [-0.2, -0.15) is 5.26 Å². The van der Waals surface area contributed by atoms with Gasteiger partial charge in [-0.15, -0.1) is 0 Å². The monoisotopic (exact) mass is 208 g/mol. The van der Waals surface area contributed by atoms with Gasteiger partial charge in [-0.25, -0.2) is 0 Å². The molecule has 0 aromatic heterocycles. The summed E-state index contributed by atoms with van der Waals surface area (Å²) >= 11 is 0. The summed E-state index contributed by atoms with van der Waals surface area (Å²) in [6.07, 6.45) is 7.10. The van der Waals surface area contributed by atoms with Crippen molar-refractivity contribution in [1.82, 2.24) is 4.90 Å². The Morgan fingerprint density at radius 2 is 2.00 bits per heavy atom. The van der Waals surface area contributed by atoms with Gasteiger partial charge in [-0.1, -0.05) is 13.8 Å². The molecule has 0 aliphatic heterocycles. The molecule has 2 nitrogen and oxygen atoms in total. The maximum absolute atomic E-state index is 8.47. The van der Waals surface area contributed by atoms with Crippen LogP contribution in [0, 0.1) is 17.2 Å². The minimum Gasteiger partial charge on any atom is -0.300 e. The second kappa shape index (κ2) is 6.85. The van der Waals surface area contributed by atoms with Crippen molar-refractivity contribution < 1.29 is 0 Å².